The molecule has 108 valence electrons. The maximum Gasteiger partial charge on any atom is 0.271 e. The number of nitrogens with one attached hydrogen (secondary N) is 2. The number of carbonyl (C=O) groups is 1. The second-order valence-corrected chi connectivity index (χ2v) is 4.14. The summed E-state index contributed by atoms with van der Waals surface area (Å²) in [5.41, 5.74) is 0.975. The number of rotatable bonds is 5. The number of nitro benzene ring substituents is 1. The molecule has 0 saturated carbocycles. The zero-order valence-corrected chi connectivity index (χ0v) is 11.2. The fourth-order valence-corrected chi connectivity index (χ4v) is 1.58. The summed E-state index contributed by atoms with van der Waals surface area (Å²) in [5, 5.41) is 16.0. The summed E-state index contributed by atoms with van der Waals surface area (Å²) in [4.78, 5) is 29.9. The normalized spacial score (nSPS) is 9.95. The summed E-state index contributed by atoms with van der Waals surface area (Å²) in [6.45, 7) is 0.256. The lowest BCUT2D eigenvalue weighted by Gasteiger charge is -2.05. The van der Waals surface area contributed by atoms with Crippen LogP contribution in [-0.4, -0.2) is 27.8 Å². The first-order valence-corrected chi connectivity index (χ1v) is 6.11. The van der Waals surface area contributed by atoms with Crippen molar-refractivity contribution in [2.45, 2.75) is 6.54 Å². The maximum atomic E-state index is 11.9. The van der Waals surface area contributed by atoms with Gasteiger partial charge in [-0.25, -0.2) is 9.97 Å². The van der Waals surface area contributed by atoms with Crippen LogP contribution >= 0.6 is 0 Å². The monoisotopic (exact) mass is 287 g/mol. The second kappa shape index (κ2) is 6.42. The van der Waals surface area contributed by atoms with Crippen molar-refractivity contribution >= 4 is 17.4 Å². The third-order valence-electron chi connectivity index (χ3n) is 2.74. The molecular formula is C13H13N5O3. The van der Waals surface area contributed by atoms with Gasteiger partial charge in [-0.05, 0) is 5.56 Å². The highest BCUT2D eigenvalue weighted by molar-refractivity contribution is 5.91. The zero-order valence-electron chi connectivity index (χ0n) is 11.2. The summed E-state index contributed by atoms with van der Waals surface area (Å²) in [6.07, 6.45) is 2.83. The molecule has 0 atom stereocenters. The standard InChI is InChI=1S/C13H13N5O3/c1-14-12-8-15-11(7-16-12)13(19)17-6-9-2-4-10(5-3-9)18(20)21/h2-5,7-8H,6H2,1H3,(H,14,16)(H,17,19). The lowest BCUT2D eigenvalue weighted by Crippen LogP contribution is -2.24. The van der Waals surface area contributed by atoms with Crippen molar-refractivity contribution in [1.82, 2.24) is 15.3 Å². The van der Waals surface area contributed by atoms with E-state index in [-0.39, 0.29) is 23.8 Å². The molecule has 2 aromatic rings. The number of benzene rings is 1. The molecule has 0 saturated heterocycles. The molecule has 8 heteroatoms. The molecule has 1 amide bonds. The molecule has 0 fully saturated rings. The van der Waals surface area contributed by atoms with Gasteiger partial charge in [0.05, 0.1) is 17.3 Å². The van der Waals surface area contributed by atoms with Crippen LogP contribution in [0.15, 0.2) is 36.7 Å². The third kappa shape index (κ3) is 3.72. The first-order valence-electron chi connectivity index (χ1n) is 6.11. The van der Waals surface area contributed by atoms with Crippen LogP contribution in [0.25, 0.3) is 0 Å². The van der Waals surface area contributed by atoms with E-state index >= 15 is 0 Å². The number of nitro groups is 1. The molecule has 1 heterocycles. The van der Waals surface area contributed by atoms with Gasteiger partial charge in [-0.1, -0.05) is 12.1 Å². The van der Waals surface area contributed by atoms with Gasteiger partial charge in [0, 0.05) is 25.7 Å². The van der Waals surface area contributed by atoms with Crippen LogP contribution < -0.4 is 10.6 Å². The van der Waals surface area contributed by atoms with E-state index in [2.05, 4.69) is 20.6 Å². The largest absolute Gasteiger partial charge is 0.372 e. The van der Waals surface area contributed by atoms with Gasteiger partial charge >= 0.3 is 0 Å². The van der Waals surface area contributed by atoms with Crippen molar-refractivity contribution in [3.05, 3.63) is 58.0 Å². The number of aromatic nitrogens is 2. The van der Waals surface area contributed by atoms with Crippen molar-refractivity contribution < 1.29 is 9.72 Å². The fourth-order valence-electron chi connectivity index (χ4n) is 1.58. The first kappa shape index (κ1) is 14.4. The topological polar surface area (TPSA) is 110 Å². The molecular weight excluding hydrogens is 274 g/mol. The summed E-state index contributed by atoms with van der Waals surface area (Å²) < 4.78 is 0. The van der Waals surface area contributed by atoms with E-state index in [1.807, 2.05) is 0 Å². The number of non-ortho nitro benzene ring substituents is 1. The lowest BCUT2D eigenvalue weighted by atomic mass is 10.2. The van der Waals surface area contributed by atoms with Crippen LogP contribution in [-0.2, 0) is 6.54 Å². The number of carbonyl (C=O) groups excluding carboxylic acids is 1. The maximum absolute atomic E-state index is 11.9. The molecule has 0 aliphatic heterocycles. The second-order valence-electron chi connectivity index (χ2n) is 4.14. The van der Waals surface area contributed by atoms with Crippen LogP contribution in [0.1, 0.15) is 16.1 Å². The summed E-state index contributed by atoms with van der Waals surface area (Å²) >= 11 is 0. The highest BCUT2D eigenvalue weighted by atomic mass is 16.6. The van der Waals surface area contributed by atoms with Crippen molar-refractivity contribution in [3.63, 3.8) is 0 Å². The number of hydrogen-bond donors (Lipinski definition) is 2. The molecule has 21 heavy (non-hydrogen) atoms. The lowest BCUT2D eigenvalue weighted by molar-refractivity contribution is -0.384. The van der Waals surface area contributed by atoms with Crippen molar-refractivity contribution in [3.8, 4) is 0 Å². The Morgan fingerprint density at radius 2 is 1.95 bits per heavy atom. The fraction of sp³-hybridized carbons (Fsp3) is 0.154. The molecule has 8 nitrogen and oxygen atoms in total. The van der Waals surface area contributed by atoms with E-state index in [4.69, 9.17) is 0 Å². The van der Waals surface area contributed by atoms with E-state index in [0.29, 0.717) is 5.82 Å². The molecule has 0 aliphatic rings. The zero-order chi connectivity index (χ0) is 15.2. The first-order chi connectivity index (χ1) is 10.1. The Kier molecular flexibility index (Phi) is 4.39. The Labute approximate surface area is 120 Å². The van der Waals surface area contributed by atoms with E-state index in [0.717, 1.165) is 5.56 Å². The van der Waals surface area contributed by atoms with E-state index in [1.54, 1.807) is 19.2 Å². The van der Waals surface area contributed by atoms with Gasteiger partial charge in [-0.3, -0.25) is 14.9 Å². The van der Waals surface area contributed by atoms with Gasteiger partial charge in [0.15, 0.2) is 0 Å². The average molecular weight is 287 g/mol. The van der Waals surface area contributed by atoms with Crippen molar-refractivity contribution in [2.75, 3.05) is 12.4 Å². The van der Waals surface area contributed by atoms with E-state index < -0.39 is 4.92 Å². The van der Waals surface area contributed by atoms with Crippen LogP contribution in [0.2, 0.25) is 0 Å². The Morgan fingerprint density at radius 3 is 2.48 bits per heavy atom. The SMILES string of the molecule is CNc1cnc(C(=O)NCc2ccc([N+](=O)[O-])cc2)cn1. The molecule has 0 radical (unpaired) electrons. The van der Waals surface area contributed by atoms with Crippen LogP contribution in [0.4, 0.5) is 11.5 Å². The summed E-state index contributed by atoms with van der Waals surface area (Å²) in [5.74, 6) is 0.213. The number of nitrogens with zero attached hydrogens (tertiary/aromatic N) is 3. The van der Waals surface area contributed by atoms with Crippen LogP contribution in [0, 0.1) is 10.1 Å². The predicted molar refractivity (Wildman–Crippen MR) is 75.8 cm³/mol. The molecule has 0 aliphatic carbocycles. The minimum absolute atomic E-state index is 0.0126. The summed E-state index contributed by atoms with van der Waals surface area (Å²) in [6, 6.07) is 5.97. The molecule has 1 aromatic carbocycles. The molecule has 2 rings (SSSR count). The molecule has 1 aromatic heterocycles. The van der Waals surface area contributed by atoms with Crippen molar-refractivity contribution in [2.24, 2.45) is 0 Å². The van der Waals surface area contributed by atoms with E-state index in [1.165, 1.54) is 24.5 Å². The summed E-state index contributed by atoms with van der Waals surface area (Å²) in [7, 11) is 1.71. The van der Waals surface area contributed by atoms with Gasteiger partial charge in [0.25, 0.3) is 11.6 Å². The van der Waals surface area contributed by atoms with E-state index in [9.17, 15) is 14.9 Å². The van der Waals surface area contributed by atoms with Crippen LogP contribution in [0.3, 0.4) is 0 Å². The number of anilines is 1. The van der Waals surface area contributed by atoms with Gasteiger partial charge < -0.3 is 10.6 Å². The van der Waals surface area contributed by atoms with Crippen molar-refractivity contribution in [1.29, 1.82) is 0 Å². The predicted octanol–water partition coefficient (Wildman–Crippen LogP) is 1.36. The van der Waals surface area contributed by atoms with Gasteiger partial charge in [0.2, 0.25) is 0 Å². The Morgan fingerprint density at radius 1 is 1.24 bits per heavy atom. The Balaban J connectivity index is 1.95. The average Bonchev–Trinajstić information content (AvgIpc) is 2.53. The Bertz CT molecular complexity index is 640. The molecule has 0 spiro atoms. The minimum atomic E-state index is -0.471. The third-order valence-corrected chi connectivity index (χ3v) is 2.74. The van der Waals surface area contributed by atoms with Gasteiger partial charge in [-0.15, -0.1) is 0 Å². The minimum Gasteiger partial charge on any atom is -0.372 e. The Hall–Kier alpha value is -3.03. The highest BCUT2D eigenvalue weighted by Crippen LogP contribution is 2.11. The smallest absolute Gasteiger partial charge is 0.271 e. The molecule has 0 unspecified atom stereocenters. The number of amides is 1. The van der Waals surface area contributed by atoms with Gasteiger partial charge in [-0.2, -0.15) is 0 Å². The number of hydrogen-bond acceptors (Lipinski definition) is 6. The van der Waals surface area contributed by atoms with Crippen LogP contribution in [0.5, 0.6) is 0 Å². The highest BCUT2D eigenvalue weighted by Gasteiger charge is 2.08. The molecule has 0 bridgehead atoms. The quantitative estimate of drug-likeness (QED) is 0.634. The van der Waals surface area contributed by atoms with Gasteiger partial charge in [0.1, 0.15) is 11.5 Å². The molecule has 2 N–H and O–H groups in total.